The van der Waals surface area contributed by atoms with E-state index < -0.39 is 0 Å². The van der Waals surface area contributed by atoms with E-state index in [2.05, 4.69) is 50.7 Å². The topological polar surface area (TPSA) is 41.4 Å². The smallest absolute Gasteiger partial charge is 0.225 e. The van der Waals surface area contributed by atoms with Crippen molar-refractivity contribution >= 4 is 11.6 Å². The zero-order valence-corrected chi connectivity index (χ0v) is 14.7. The Hall–Kier alpha value is -2.30. The number of fused-ring (bicyclic) bond motifs is 4. The maximum absolute atomic E-state index is 12.8. The molecule has 5 rings (SSSR count). The van der Waals surface area contributed by atoms with Crippen LogP contribution in [0.1, 0.15) is 38.3 Å². The van der Waals surface area contributed by atoms with Gasteiger partial charge in [-0.3, -0.25) is 4.79 Å². The Balaban J connectivity index is 1.58. The average Bonchev–Trinajstić information content (AvgIpc) is 3.22. The maximum Gasteiger partial charge on any atom is 0.225 e. The summed E-state index contributed by atoms with van der Waals surface area (Å²) in [6.07, 6.45) is 8.30. The number of likely N-dealkylation sites (N-methyl/N-ethyl adjacent to an activating group) is 1. The predicted octanol–water partition coefficient (Wildman–Crippen LogP) is 2.94. The van der Waals surface area contributed by atoms with E-state index in [-0.39, 0.29) is 11.5 Å². The molecule has 0 N–H and O–H groups in total. The van der Waals surface area contributed by atoms with E-state index in [1.807, 2.05) is 12.3 Å². The molecular weight excluding hydrogens is 312 g/mol. The normalized spacial score (nSPS) is 25.0. The van der Waals surface area contributed by atoms with Crippen LogP contribution in [0.3, 0.4) is 0 Å². The number of hydrogen-bond donors (Lipinski definition) is 0. The molecule has 1 atom stereocenters. The molecule has 25 heavy (non-hydrogen) atoms. The minimum atomic E-state index is -0.131. The molecule has 1 spiro atoms. The lowest BCUT2D eigenvalue weighted by molar-refractivity contribution is -0.137. The van der Waals surface area contributed by atoms with Crippen molar-refractivity contribution < 1.29 is 4.79 Å². The summed E-state index contributed by atoms with van der Waals surface area (Å²) in [6, 6.07) is 8.48. The largest absolute Gasteiger partial charge is 0.356 e. The van der Waals surface area contributed by atoms with Crippen LogP contribution in [-0.2, 0) is 10.3 Å². The van der Waals surface area contributed by atoms with Crippen molar-refractivity contribution in [3.8, 4) is 5.82 Å². The van der Waals surface area contributed by atoms with Crippen LogP contribution in [0.5, 0.6) is 0 Å². The van der Waals surface area contributed by atoms with E-state index >= 15 is 0 Å². The summed E-state index contributed by atoms with van der Waals surface area (Å²) < 4.78 is 2.22. The van der Waals surface area contributed by atoms with Gasteiger partial charge in [0, 0.05) is 37.9 Å². The van der Waals surface area contributed by atoms with E-state index in [1.165, 1.54) is 17.8 Å². The molecule has 1 amide bonds. The standard InChI is InChI=1S/C20H24N4O/c1-2-24-16-8-4-11-21-18(16)23-12-5-9-17(23)20(24)10-13-22(14-20)19(25)15-6-3-7-15/h4-5,8-9,11-12,15H,2-3,6-7,10,13-14H2,1H3/t20-/m0/s1. The Morgan fingerprint density at radius 3 is 2.96 bits per heavy atom. The fourth-order valence-corrected chi connectivity index (χ4v) is 4.90. The molecule has 2 fully saturated rings. The average molecular weight is 336 g/mol. The first-order valence-corrected chi connectivity index (χ1v) is 9.44. The van der Waals surface area contributed by atoms with Gasteiger partial charge in [-0.1, -0.05) is 6.42 Å². The third kappa shape index (κ3) is 1.95. The van der Waals surface area contributed by atoms with E-state index in [0.717, 1.165) is 44.7 Å². The van der Waals surface area contributed by atoms with Gasteiger partial charge in [-0.05, 0) is 50.5 Å². The quantitative estimate of drug-likeness (QED) is 0.847. The summed E-state index contributed by atoms with van der Waals surface area (Å²) in [5.74, 6) is 1.64. The minimum Gasteiger partial charge on any atom is -0.356 e. The van der Waals surface area contributed by atoms with Crippen molar-refractivity contribution in [1.29, 1.82) is 0 Å². The lowest BCUT2D eigenvalue weighted by atomic mass is 9.84. The highest BCUT2D eigenvalue weighted by molar-refractivity contribution is 5.80. The zero-order chi connectivity index (χ0) is 17.0. The first kappa shape index (κ1) is 15.0. The summed E-state index contributed by atoms with van der Waals surface area (Å²) >= 11 is 0. The van der Waals surface area contributed by atoms with E-state index in [1.54, 1.807) is 0 Å². The van der Waals surface area contributed by atoms with Crippen molar-refractivity contribution in [1.82, 2.24) is 14.5 Å². The second kappa shape index (κ2) is 5.35. The highest BCUT2D eigenvalue weighted by Gasteiger charge is 2.51. The van der Waals surface area contributed by atoms with E-state index in [0.29, 0.717) is 5.91 Å². The van der Waals surface area contributed by atoms with Gasteiger partial charge >= 0.3 is 0 Å². The summed E-state index contributed by atoms with van der Waals surface area (Å²) in [7, 11) is 0. The molecule has 1 saturated heterocycles. The molecule has 2 aromatic rings. The fraction of sp³-hybridized carbons (Fsp3) is 0.500. The van der Waals surface area contributed by atoms with Crippen LogP contribution in [0, 0.1) is 5.92 Å². The van der Waals surface area contributed by atoms with Crippen LogP contribution >= 0.6 is 0 Å². The number of likely N-dealkylation sites (tertiary alicyclic amines) is 1. The number of carbonyl (C=O) groups is 1. The molecule has 3 aliphatic rings. The van der Waals surface area contributed by atoms with Crippen molar-refractivity contribution in [2.45, 2.75) is 38.1 Å². The Labute approximate surface area is 148 Å². The van der Waals surface area contributed by atoms with Gasteiger partial charge in [-0.2, -0.15) is 0 Å². The van der Waals surface area contributed by atoms with Gasteiger partial charge in [-0.25, -0.2) is 4.98 Å². The molecule has 1 saturated carbocycles. The Morgan fingerprint density at radius 2 is 2.20 bits per heavy atom. The van der Waals surface area contributed by atoms with Crippen molar-refractivity contribution in [2.24, 2.45) is 5.92 Å². The number of carbonyl (C=O) groups excluding carboxylic acids is 1. The van der Waals surface area contributed by atoms with Crippen LogP contribution in [0.15, 0.2) is 36.7 Å². The lowest BCUT2D eigenvalue weighted by Crippen LogP contribution is -2.53. The van der Waals surface area contributed by atoms with Gasteiger partial charge in [0.1, 0.15) is 0 Å². The molecular formula is C20H24N4O. The Morgan fingerprint density at radius 1 is 1.32 bits per heavy atom. The molecule has 1 aliphatic carbocycles. The first-order valence-electron chi connectivity index (χ1n) is 9.44. The Kier molecular flexibility index (Phi) is 3.21. The monoisotopic (exact) mass is 336 g/mol. The fourth-order valence-electron chi connectivity index (χ4n) is 4.90. The van der Waals surface area contributed by atoms with Crippen LogP contribution < -0.4 is 4.90 Å². The second-order valence-corrected chi connectivity index (χ2v) is 7.52. The highest BCUT2D eigenvalue weighted by Crippen LogP contribution is 2.47. The van der Waals surface area contributed by atoms with Crippen molar-refractivity contribution in [2.75, 3.05) is 24.5 Å². The van der Waals surface area contributed by atoms with Gasteiger partial charge in [0.05, 0.1) is 16.9 Å². The summed E-state index contributed by atoms with van der Waals surface area (Å²) in [4.78, 5) is 22.1. The van der Waals surface area contributed by atoms with Gasteiger partial charge in [0.25, 0.3) is 0 Å². The van der Waals surface area contributed by atoms with E-state index in [9.17, 15) is 4.79 Å². The first-order chi connectivity index (χ1) is 12.2. The van der Waals surface area contributed by atoms with Gasteiger partial charge in [0.15, 0.2) is 5.82 Å². The van der Waals surface area contributed by atoms with Crippen molar-refractivity contribution in [3.05, 3.63) is 42.4 Å². The number of amides is 1. The van der Waals surface area contributed by atoms with Crippen LogP contribution in [0.2, 0.25) is 0 Å². The summed E-state index contributed by atoms with van der Waals surface area (Å²) in [6.45, 7) is 4.75. The lowest BCUT2D eigenvalue weighted by Gasteiger charge is -2.46. The number of rotatable bonds is 2. The maximum atomic E-state index is 12.8. The molecule has 0 unspecified atom stereocenters. The Bertz CT molecular complexity index is 825. The summed E-state index contributed by atoms with van der Waals surface area (Å²) in [5, 5.41) is 0. The molecule has 2 aliphatic heterocycles. The highest BCUT2D eigenvalue weighted by atomic mass is 16.2. The summed E-state index contributed by atoms with van der Waals surface area (Å²) in [5.41, 5.74) is 2.31. The van der Waals surface area contributed by atoms with Crippen LogP contribution in [0.4, 0.5) is 5.69 Å². The number of nitrogens with zero attached hydrogens (tertiary/aromatic N) is 4. The molecule has 0 bridgehead atoms. The third-order valence-electron chi connectivity index (χ3n) is 6.36. The number of hydrogen-bond acceptors (Lipinski definition) is 3. The molecule has 130 valence electrons. The minimum absolute atomic E-state index is 0.131. The zero-order valence-electron chi connectivity index (χ0n) is 14.7. The van der Waals surface area contributed by atoms with Crippen molar-refractivity contribution in [3.63, 3.8) is 0 Å². The number of pyridine rings is 1. The van der Waals surface area contributed by atoms with Crippen LogP contribution in [0.25, 0.3) is 5.82 Å². The SMILES string of the molecule is CCN1c2cccnc2-n2cccc2[C@@]12CCN(C(=O)C1CCC1)C2. The second-order valence-electron chi connectivity index (χ2n) is 7.52. The molecule has 2 aromatic heterocycles. The van der Waals surface area contributed by atoms with Crippen LogP contribution in [-0.4, -0.2) is 40.0 Å². The number of anilines is 1. The van der Waals surface area contributed by atoms with Gasteiger partial charge in [-0.15, -0.1) is 0 Å². The molecule has 5 heteroatoms. The van der Waals surface area contributed by atoms with Gasteiger partial charge in [0.2, 0.25) is 5.91 Å². The van der Waals surface area contributed by atoms with E-state index in [4.69, 9.17) is 0 Å². The molecule has 5 nitrogen and oxygen atoms in total. The van der Waals surface area contributed by atoms with Gasteiger partial charge < -0.3 is 14.4 Å². The molecule has 0 aromatic carbocycles. The molecule has 4 heterocycles. The molecule has 0 radical (unpaired) electrons. The predicted molar refractivity (Wildman–Crippen MR) is 96.8 cm³/mol. The third-order valence-corrected chi connectivity index (χ3v) is 6.36. The number of aromatic nitrogens is 2.